The van der Waals surface area contributed by atoms with E-state index < -0.39 is 10.0 Å². The molecule has 0 spiro atoms. The molecule has 1 aliphatic rings. The van der Waals surface area contributed by atoms with Crippen LogP contribution in [-0.2, 0) is 10.0 Å². The van der Waals surface area contributed by atoms with Gasteiger partial charge in [-0.25, -0.2) is 0 Å². The Kier molecular flexibility index (Phi) is 4.94. The van der Waals surface area contributed by atoms with Gasteiger partial charge in [-0.15, -0.1) is 11.3 Å². The third-order valence-electron chi connectivity index (χ3n) is 4.60. The highest BCUT2D eigenvalue weighted by Crippen LogP contribution is 2.27. The molecule has 2 aromatic carbocycles. The van der Waals surface area contributed by atoms with Gasteiger partial charge in [0.15, 0.2) is 0 Å². The maximum Gasteiger partial charge on any atom is 0.292 e. The maximum atomic E-state index is 13.0. The average molecular weight is 423 g/mol. The van der Waals surface area contributed by atoms with Crippen molar-refractivity contribution in [3.63, 3.8) is 0 Å². The summed E-state index contributed by atoms with van der Waals surface area (Å²) in [5.74, 6) is -0.200. The highest BCUT2D eigenvalue weighted by molar-refractivity contribution is 7.92. The Balaban J connectivity index is 1.84. The van der Waals surface area contributed by atoms with Crippen LogP contribution >= 0.6 is 11.3 Å². The van der Waals surface area contributed by atoms with Gasteiger partial charge in [-0.2, -0.15) is 12.8 Å². The number of ketones is 1. The first-order valence-electron chi connectivity index (χ1n) is 8.94. The van der Waals surface area contributed by atoms with Crippen molar-refractivity contribution in [1.29, 1.82) is 0 Å². The summed E-state index contributed by atoms with van der Waals surface area (Å²) in [6.45, 7) is 3.91. The Morgan fingerprint density at radius 2 is 1.72 bits per heavy atom. The lowest BCUT2D eigenvalue weighted by atomic mass is 9.92. The first-order valence-corrected chi connectivity index (χ1v) is 11.3. The number of allylic oxidation sites excluding steroid dienone is 2. The van der Waals surface area contributed by atoms with Gasteiger partial charge in [0.1, 0.15) is 4.21 Å². The molecule has 0 saturated carbocycles. The van der Waals surface area contributed by atoms with Crippen LogP contribution in [0, 0.1) is 13.8 Å². The van der Waals surface area contributed by atoms with Crippen LogP contribution in [0.25, 0.3) is 0 Å². The molecule has 0 saturated heterocycles. The van der Waals surface area contributed by atoms with E-state index in [0.717, 1.165) is 28.2 Å². The van der Waals surface area contributed by atoms with E-state index >= 15 is 0 Å². The third kappa shape index (κ3) is 3.79. The van der Waals surface area contributed by atoms with Crippen molar-refractivity contribution in [3.8, 4) is 0 Å². The molecule has 0 radical (unpaired) electrons. The summed E-state index contributed by atoms with van der Waals surface area (Å²) >= 11 is 1.11. The summed E-state index contributed by atoms with van der Waals surface area (Å²) in [5, 5.41) is 4.86. The van der Waals surface area contributed by atoms with Crippen molar-refractivity contribution in [2.24, 2.45) is 4.40 Å². The van der Waals surface area contributed by atoms with Gasteiger partial charge in [0.05, 0.1) is 11.4 Å². The van der Waals surface area contributed by atoms with Gasteiger partial charge in [0.25, 0.3) is 10.0 Å². The third-order valence-corrected chi connectivity index (χ3v) is 7.27. The summed E-state index contributed by atoms with van der Waals surface area (Å²) < 4.78 is 29.6. The Morgan fingerprint density at radius 1 is 0.966 bits per heavy atom. The molecule has 4 rings (SSSR count). The molecule has 7 heteroatoms. The van der Waals surface area contributed by atoms with Crippen LogP contribution in [0.1, 0.15) is 27.0 Å². The molecular weight excluding hydrogens is 404 g/mol. The average Bonchev–Trinajstić information content (AvgIpc) is 3.24. The van der Waals surface area contributed by atoms with Crippen LogP contribution in [0.5, 0.6) is 0 Å². The van der Waals surface area contributed by atoms with Gasteiger partial charge in [-0.1, -0.05) is 42.5 Å². The van der Waals surface area contributed by atoms with Crippen LogP contribution in [0.3, 0.4) is 0 Å². The fourth-order valence-corrected chi connectivity index (χ4v) is 5.06. The molecule has 1 N–H and O–H groups in total. The van der Waals surface area contributed by atoms with Crippen molar-refractivity contribution in [2.45, 2.75) is 18.1 Å². The smallest absolute Gasteiger partial charge is 0.292 e. The largest absolute Gasteiger partial charge is 0.352 e. The van der Waals surface area contributed by atoms with E-state index in [1.165, 1.54) is 12.1 Å². The molecule has 0 amide bonds. The molecule has 0 fully saturated rings. The van der Waals surface area contributed by atoms with Gasteiger partial charge in [-0.05, 0) is 48.6 Å². The van der Waals surface area contributed by atoms with Gasteiger partial charge in [0.2, 0.25) is 5.78 Å². The number of thiophene rings is 1. The normalized spacial score (nSPS) is 15.2. The van der Waals surface area contributed by atoms with E-state index in [-0.39, 0.29) is 21.4 Å². The molecule has 1 aromatic heterocycles. The van der Waals surface area contributed by atoms with E-state index in [2.05, 4.69) is 9.71 Å². The summed E-state index contributed by atoms with van der Waals surface area (Å²) in [4.78, 5) is 13.0. The Bertz CT molecular complexity index is 1270. The predicted molar refractivity (Wildman–Crippen MR) is 116 cm³/mol. The zero-order chi connectivity index (χ0) is 20.6. The van der Waals surface area contributed by atoms with Crippen LogP contribution in [-0.4, -0.2) is 19.9 Å². The molecular formula is C22H18N2O3S2. The van der Waals surface area contributed by atoms with Gasteiger partial charge in [-0.3, -0.25) is 4.79 Å². The Hall–Kier alpha value is -3.03. The minimum absolute atomic E-state index is 0.164. The van der Waals surface area contributed by atoms with Crippen LogP contribution in [0.4, 0.5) is 5.69 Å². The number of rotatable bonds is 4. The zero-order valence-corrected chi connectivity index (χ0v) is 17.5. The number of fused-ring (bicyclic) bond motifs is 1. The monoisotopic (exact) mass is 422 g/mol. The van der Waals surface area contributed by atoms with Crippen LogP contribution in [0.15, 0.2) is 80.4 Å². The van der Waals surface area contributed by atoms with Crippen molar-refractivity contribution in [1.82, 2.24) is 0 Å². The SMILES string of the molecule is Cc1ccc(C)c(NC2=C/C(=N\S(=O)(=O)c3cccs3)c3ccccc3C2=O)c1. The molecule has 3 aromatic rings. The summed E-state index contributed by atoms with van der Waals surface area (Å²) in [6, 6.07) is 16.0. The van der Waals surface area contributed by atoms with E-state index in [9.17, 15) is 13.2 Å². The van der Waals surface area contributed by atoms with Gasteiger partial charge in [0, 0.05) is 16.8 Å². The fourth-order valence-electron chi connectivity index (χ4n) is 3.10. The van der Waals surface area contributed by atoms with Crippen LogP contribution in [0.2, 0.25) is 0 Å². The number of hydrogen-bond donors (Lipinski definition) is 1. The first kappa shape index (κ1) is 19.3. The minimum atomic E-state index is -3.87. The van der Waals surface area contributed by atoms with Crippen molar-refractivity contribution < 1.29 is 13.2 Å². The molecule has 0 unspecified atom stereocenters. The molecule has 29 heavy (non-hydrogen) atoms. The lowest BCUT2D eigenvalue weighted by Crippen LogP contribution is -2.23. The second-order valence-electron chi connectivity index (χ2n) is 6.76. The second-order valence-corrected chi connectivity index (χ2v) is 9.54. The lowest BCUT2D eigenvalue weighted by Gasteiger charge is -2.19. The number of carbonyl (C=O) groups excluding carboxylic acids is 1. The molecule has 5 nitrogen and oxygen atoms in total. The quantitative estimate of drug-likeness (QED) is 0.659. The number of nitrogens with one attached hydrogen (secondary N) is 1. The number of Topliss-reactive ketones (excluding diaryl/α,β-unsaturated/α-hetero) is 1. The number of aryl methyl sites for hydroxylation is 2. The topological polar surface area (TPSA) is 75.6 Å². The number of hydrogen-bond acceptors (Lipinski definition) is 5. The Labute approximate surface area is 173 Å². The van der Waals surface area contributed by atoms with E-state index in [4.69, 9.17) is 0 Å². The number of sulfonamides is 1. The highest BCUT2D eigenvalue weighted by atomic mass is 32.2. The van der Waals surface area contributed by atoms with E-state index in [1.807, 2.05) is 32.0 Å². The van der Waals surface area contributed by atoms with Gasteiger partial charge >= 0.3 is 0 Å². The van der Waals surface area contributed by atoms with Crippen LogP contribution < -0.4 is 5.32 Å². The number of nitrogens with zero attached hydrogens (tertiary/aromatic N) is 1. The molecule has 0 bridgehead atoms. The first-order chi connectivity index (χ1) is 13.8. The minimum Gasteiger partial charge on any atom is -0.352 e. The van der Waals surface area contributed by atoms with Gasteiger partial charge < -0.3 is 5.32 Å². The summed E-state index contributed by atoms with van der Waals surface area (Å²) in [6.07, 6.45) is 1.51. The van der Waals surface area contributed by atoms with Crippen molar-refractivity contribution in [2.75, 3.05) is 5.32 Å². The molecule has 1 heterocycles. The van der Waals surface area contributed by atoms with Crippen molar-refractivity contribution in [3.05, 3.63) is 94.0 Å². The summed E-state index contributed by atoms with van der Waals surface area (Å²) in [7, 11) is -3.87. The fraction of sp³-hybridized carbons (Fsp3) is 0.0909. The number of carbonyl (C=O) groups is 1. The maximum absolute atomic E-state index is 13.0. The number of anilines is 1. The standard InChI is InChI=1S/C22H18N2O3S2/c1-14-9-10-15(2)18(12-14)23-20-13-19(16-6-3-4-7-17(16)22(20)25)24-29(26,27)21-8-5-11-28-21/h3-13,23H,1-2H3/b24-19+. The molecule has 0 atom stereocenters. The lowest BCUT2D eigenvalue weighted by molar-refractivity contribution is 0.103. The van der Waals surface area contributed by atoms with E-state index in [0.29, 0.717) is 11.1 Å². The van der Waals surface area contributed by atoms with Crippen molar-refractivity contribution >= 4 is 38.5 Å². The Morgan fingerprint density at radius 3 is 2.45 bits per heavy atom. The highest BCUT2D eigenvalue weighted by Gasteiger charge is 2.26. The molecule has 1 aliphatic carbocycles. The molecule has 0 aliphatic heterocycles. The second kappa shape index (κ2) is 7.42. The molecule has 146 valence electrons. The van der Waals surface area contributed by atoms with E-state index in [1.54, 1.807) is 35.7 Å². The summed E-state index contributed by atoms with van der Waals surface area (Å²) in [5.41, 5.74) is 4.28. The number of benzene rings is 2. The zero-order valence-electron chi connectivity index (χ0n) is 15.8. The predicted octanol–water partition coefficient (Wildman–Crippen LogP) is 4.74.